The van der Waals surface area contributed by atoms with Gasteiger partial charge in [0, 0.05) is 43.9 Å². The number of benzene rings is 2. The van der Waals surface area contributed by atoms with Crippen molar-refractivity contribution in [3.05, 3.63) is 65.2 Å². The highest BCUT2D eigenvalue weighted by molar-refractivity contribution is 7.89. The van der Waals surface area contributed by atoms with Gasteiger partial charge in [-0.2, -0.15) is 4.31 Å². The van der Waals surface area contributed by atoms with Crippen molar-refractivity contribution in [2.45, 2.75) is 4.90 Å². The molecule has 0 bridgehead atoms. The smallest absolute Gasteiger partial charge is 0.254 e. The largest absolute Gasteiger partial charge is 0.336 e. The highest BCUT2D eigenvalue weighted by Gasteiger charge is 2.32. The highest BCUT2D eigenvalue weighted by Crippen LogP contribution is 2.22. The Morgan fingerprint density at radius 3 is 1.96 bits per heavy atom. The third-order valence-electron chi connectivity index (χ3n) is 4.15. The summed E-state index contributed by atoms with van der Waals surface area (Å²) >= 11 is 0. The SMILES string of the molecule is O=C(c1cc(F)cc(F)c1)N1CCN(S(=O)(=O)c2ccc(F)cc2F)CC1. The van der Waals surface area contributed by atoms with Gasteiger partial charge in [0.15, 0.2) is 0 Å². The van der Waals surface area contributed by atoms with E-state index in [1.54, 1.807) is 0 Å². The second-order valence-corrected chi connectivity index (χ2v) is 7.84. The van der Waals surface area contributed by atoms with Crippen LogP contribution in [0.2, 0.25) is 0 Å². The van der Waals surface area contributed by atoms with Gasteiger partial charge in [-0.25, -0.2) is 26.0 Å². The molecule has 0 radical (unpaired) electrons. The van der Waals surface area contributed by atoms with Crippen LogP contribution in [0.3, 0.4) is 0 Å². The Morgan fingerprint density at radius 1 is 0.815 bits per heavy atom. The number of sulfonamides is 1. The summed E-state index contributed by atoms with van der Waals surface area (Å²) in [5, 5.41) is 0. The Morgan fingerprint density at radius 2 is 1.41 bits per heavy atom. The number of amides is 1. The Bertz CT molecular complexity index is 969. The lowest BCUT2D eigenvalue weighted by Crippen LogP contribution is -2.50. The van der Waals surface area contributed by atoms with Gasteiger partial charge in [0.05, 0.1) is 0 Å². The molecule has 0 saturated carbocycles. The van der Waals surface area contributed by atoms with Crippen molar-refractivity contribution in [1.29, 1.82) is 0 Å². The summed E-state index contributed by atoms with van der Waals surface area (Å²) in [5.74, 6) is -4.54. The summed E-state index contributed by atoms with van der Waals surface area (Å²) in [7, 11) is -4.20. The monoisotopic (exact) mass is 402 g/mol. The maximum atomic E-state index is 13.8. The standard InChI is InChI=1S/C17H14F4N2O3S/c18-12-1-2-16(15(21)10-12)27(25,26)23-5-3-22(4-6-23)17(24)11-7-13(19)9-14(20)8-11/h1-2,7-10H,3-6H2. The first-order chi connectivity index (χ1) is 12.7. The number of halogens is 4. The van der Waals surface area contributed by atoms with Gasteiger partial charge in [-0.05, 0) is 24.3 Å². The molecule has 3 rings (SSSR count). The summed E-state index contributed by atoms with van der Waals surface area (Å²) in [5.41, 5.74) is -0.187. The number of hydrogen-bond donors (Lipinski definition) is 0. The summed E-state index contributed by atoms with van der Waals surface area (Å²) in [6.07, 6.45) is 0. The Hall–Kier alpha value is -2.46. The molecule has 0 atom stereocenters. The van der Waals surface area contributed by atoms with Crippen LogP contribution < -0.4 is 0 Å². The molecule has 0 aliphatic carbocycles. The Labute approximate surface area is 152 Å². The van der Waals surface area contributed by atoms with Crippen molar-refractivity contribution in [1.82, 2.24) is 9.21 Å². The number of rotatable bonds is 3. The van der Waals surface area contributed by atoms with Crippen molar-refractivity contribution in [3.8, 4) is 0 Å². The van der Waals surface area contributed by atoms with E-state index in [1.807, 2.05) is 0 Å². The van der Waals surface area contributed by atoms with Gasteiger partial charge >= 0.3 is 0 Å². The lowest BCUT2D eigenvalue weighted by Gasteiger charge is -2.34. The van der Waals surface area contributed by atoms with Crippen molar-refractivity contribution in [3.63, 3.8) is 0 Å². The van der Waals surface area contributed by atoms with Gasteiger partial charge in [-0.15, -0.1) is 0 Å². The molecular weight excluding hydrogens is 388 g/mol. The van der Waals surface area contributed by atoms with Crippen LogP contribution in [0.1, 0.15) is 10.4 Å². The molecule has 27 heavy (non-hydrogen) atoms. The Balaban J connectivity index is 1.73. The first-order valence-corrected chi connectivity index (χ1v) is 9.33. The molecule has 0 unspecified atom stereocenters. The van der Waals surface area contributed by atoms with E-state index >= 15 is 0 Å². The summed E-state index contributed by atoms with van der Waals surface area (Å²) in [4.78, 5) is 12.9. The molecule has 1 fully saturated rings. The van der Waals surface area contributed by atoms with Crippen LogP contribution in [0.25, 0.3) is 0 Å². The van der Waals surface area contributed by atoms with Crippen LogP contribution in [-0.2, 0) is 10.0 Å². The second-order valence-electron chi connectivity index (χ2n) is 5.93. The van der Waals surface area contributed by atoms with Gasteiger partial charge in [0.25, 0.3) is 5.91 Å². The zero-order valence-electron chi connectivity index (χ0n) is 13.8. The second kappa shape index (κ2) is 7.28. The van der Waals surface area contributed by atoms with Crippen LogP contribution in [0.4, 0.5) is 17.6 Å². The van der Waals surface area contributed by atoms with Gasteiger partial charge in [0.1, 0.15) is 28.2 Å². The van der Waals surface area contributed by atoms with Crippen LogP contribution in [0.5, 0.6) is 0 Å². The van der Waals surface area contributed by atoms with Crippen molar-refractivity contribution in [2.24, 2.45) is 0 Å². The minimum atomic E-state index is -4.20. The number of piperazine rings is 1. The third kappa shape index (κ3) is 3.96. The van der Waals surface area contributed by atoms with E-state index < -0.39 is 44.1 Å². The average Bonchev–Trinajstić information content (AvgIpc) is 2.60. The molecule has 0 N–H and O–H groups in total. The zero-order valence-corrected chi connectivity index (χ0v) is 14.6. The topological polar surface area (TPSA) is 57.7 Å². The lowest BCUT2D eigenvalue weighted by atomic mass is 10.1. The predicted molar refractivity (Wildman–Crippen MR) is 87.4 cm³/mol. The quantitative estimate of drug-likeness (QED) is 0.741. The number of nitrogens with zero attached hydrogens (tertiary/aromatic N) is 2. The van der Waals surface area contributed by atoms with Crippen LogP contribution >= 0.6 is 0 Å². The predicted octanol–water partition coefficient (Wildman–Crippen LogP) is 2.39. The molecular formula is C17H14F4N2O3S. The maximum absolute atomic E-state index is 13.8. The fourth-order valence-electron chi connectivity index (χ4n) is 2.81. The van der Waals surface area contributed by atoms with E-state index in [2.05, 4.69) is 0 Å². The molecule has 5 nitrogen and oxygen atoms in total. The molecule has 2 aromatic rings. The molecule has 144 valence electrons. The maximum Gasteiger partial charge on any atom is 0.254 e. The summed E-state index contributed by atoms with van der Waals surface area (Å²) in [6.45, 7) is -0.358. The van der Waals surface area contributed by atoms with Gasteiger partial charge < -0.3 is 4.90 Å². The van der Waals surface area contributed by atoms with Gasteiger partial charge in [0.2, 0.25) is 10.0 Å². The third-order valence-corrected chi connectivity index (χ3v) is 6.08. The fraction of sp³-hybridized carbons (Fsp3) is 0.235. The van der Waals surface area contributed by atoms with E-state index in [4.69, 9.17) is 0 Å². The number of carbonyl (C=O) groups excluding carboxylic acids is 1. The zero-order chi connectivity index (χ0) is 19.8. The molecule has 1 saturated heterocycles. The molecule has 1 aliphatic heterocycles. The van der Waals surface area contributed by atoms with Crippen molar-refractivity contribution >= 4 is 15.9 Å². The van der Waals surface area contributed by atoms with Crippen molar-refractivity contribution < 1.29 is 30.8 Å². The van der Waals surface area contributed by atoms with Crippen LogP contribution in [-0.4, -0.2) is 49.7 Å². The Kier molecular flexibility index (Phi) is 5.20. The lowest BCUT2D eigenvalue weighted by molar-refractivity contribution is 0.0696. The summed E-state index contributed by atoms with van der Waals surface area (Å²) < 4.78 is 79.3. The molecule has 1 aliphatic rings. The molecule has 2 aromatic carbocycles. The molecule has 0 aromatic heterocycles. The van der Waals surface area contributed by atoms with Gasteiger partial charge in [-0.3, -0.25) is 4.79 Å². The number of carbonyl (C=O) groups is 1. The average molecular weight is 402 g/mol. The number of hydrogen-bond acceptors (Lipinski definition) is 3. The van der Waals surface area contributed by atoms with Crippen LogP contribution in [0, 0.1) is 23.3 Å². The molecule has 1 amide bonds. The molecule has 0 spiro atoms. The first kappa shape index (κ1) is 19.3. The van der Waals surface area contributed by atoms with E-state index in [-0.39, 0.29) is 31.7 Å². The van der Waals surface area contributed by atoms with E-state index in [1.165, 1.54) is 4.90 Å². The van der Waals surface area contributed by atoms with Crippen LogP contribution in [0.15, 0.2) is 41.3 Å². The summed E-state index contributed by atoms with van der Waals surface area (Å²) in [6, 6.07) is 4.58. The normalized spacial score (nSPS) is 15.8. The molecule has 10 heteroatoms. The van der Waals surface area contributed by atoms with E-state index in [9.17, 15) is 30.8 Å². The minimum absolute atomic E-state index is 0.0426. The van der Waals surface area contributed by atoms with Gasteiger partial charge in [-0.1, -0.05) is 0 Å². The van der Waals surface area contributed by atoms with E-state index in [0.29, 0.717) is 12.1 Å². The van der Waals surface area contributed by atoms with E-state index in [0.717, 1.165) is 28.6 Å². The molecule has 1 heterocycles. The minimum Gasteiger partial charge on any atom is -0.336 e. The fourth-order valence-corrected chi connectivity index (χ4v) is 4.28. The van der Waals surface area contributed by atoms with Crippen molar-refractivity contribution in [2.75, 3.05) is 26.2 Å². The highest BCUT2D eigenvalue weighted by atomic mass is 32.2. The first-order valence-electron chi connectivity index (χ1n) is 7.89.